The first-order chi connectivity index (χ1) is 14.6. The van der Waals surface area contributed by atoms with Crippen molar-refractivity contribution in [3.63, 3.8) is 0 Å². The summed E-state index contributed by atoms with van der Waals surface area (Å²) in [5, 5.41) is 3.02. The summed E-state index contributed by atoms with van der Waals surface area (Å²) >= 11 is 0. The van der Waals surface area contributed by atoms with E-state index in [2.05, 4.69) is 5.32 Å². The molecule has 4 amide bonds. The fraction of sp³-hybridized carbons (Fsp3) is 0.609. The number of nitrogens with zero attached hydrogens (tertiary/aromatic N) is 3. The zero-order chi connectivity index (χ0) is 21.5. The summed E-state index contributed by atoms with van der Waals surface area (Å²) in [4.78, 5) is 44.6. The van der Waals surface area contributed by atoms with Gasteiger partial charge in [-0.1, -0.05) is 24.6 Å². The van der Waals surface area contributed by atoms with E-state index in [-0.39, 0.29) is 29.8 Å². The van der Waals surface area contributed by atoms with Crippen molar-refractivity contribution in [2.24, 2.45) is 5.92 Å². The third kappa shape index (κ3) is 4.94. The average Bonchev–Trinajstić information content (AvgIpc) is 3.24. The van der Waals surface area contributed by atoms with Gasteiger partial charge in [-0.05, 0) is 45.2 Å². The largest absolute Gasteiger partial charge is 0.354 e. The van der Waals surface area contributed by atoms with Gasteiger partial charge in [-0.15, -0.1) is 0 Å². The van der Waals surface area contributed by atoms with Crippen LogP contribution < -0.4 is 5.32 Å². The lowest BCUT2D eigenvalue weighted by atomic mass is 9.99. The van der Waals surface area contributed by atoms with Crippen LogP contribution in [-0.2, 0) is 4.79 Å². The van der Waals surface area contributed by atoms with Gasteiger partial charge in [0.2, 0.25) is 5.91 Å². The second-order valence-corrected chi connectivity index (χ2v) is 8.06. The summed E-state index contributed by atoms with van der Waals surface area (Å²) in [6.45, 7) is 7.30. The van der Waals surface area contributed by atoms with Crippen molar-refractivity contribution in [1.82, 2.24) is 20.0 Å². The number of amides is 4. The molecule has 2 unspecified atom stereocenters. The Hall–Kier alpha value is -2.57. The van der Waals surface area contributed by atoms with Gasteiger partial charge in [0.25, 0.3) is 5.91 Å². The minimum absolute atomic E-state index is 0.000463. The normalized spacial score (nSPS) is 22.7. The van der Waals surface area contributed by atoms with Crippen LogP contribution in [0, 0.1) is 5.92 Å². The van der Waals surface area contributed by atoms with E-state index in [0.29, 0.717) is 51.3 Å². The highest BCUT2D eigenvalue weighted by atomic mass is 16.2. The molecule has 7 heteroatoms. The van der Waals surface area contributed by atoms with E-state index in [1.165, 1.54) is 0 Å². The Morgan fingerprint density at radius 1 is 1.03 bits per heavy atom. The van der Waals surface area contributed by atoms with Crippen molar-refractivity contribution < 1.29 is 14.4 Å². The minimum atomic E-state index is -0.178. The van der Waals surface area contributed by atoms with Crippen LogP contribution in [0.4, 0.5) is 4.79 Å². The Labute approximate surface area is 179 Å². The highest BCUT2D eigenvalue weighted by molar-refractivity contribution is 5.95. The van der Waals surface area contributed by atoms with Crippen molar-refractivity contribution in [3.05, 3.63) is 35.9 Å². The molecular weight excluding hydrogens is 380 g/mol. The Balaban J connectivity index is 1.82. The maximum absolute atomic E-state index is 13.3. The Morgan fingerprint density at radius 3 is 2.47 bits per heavy atom. The number of urea groups is 1. The molecule has 2 atom stereocenters. The van der Waals surface area contributed by atoms with Crippen molar-refractivity contribution in [2.75, 3.05) is 39.3 Å². The number of hydrogen-bond donors (Lipinski definition) is 1. The molecule has 1 aliphatic carbocycles. The van der Waals surface area contributed by atoms with Gasteiger partial charge >= 0.3 is 6.03 Å². The highest BCUT2D eigenvalue weighted by Crippen LogP contribution is 2.31. The molecule has 1 N–H and O–H groups in total. The fourth-order valence-corrected chi connectivity index (χ4v) is 4.66. The van der Waals surface area contributed by atoms with E-state index in [4.69, 9.17) is 0 Å². The molecule has 1 aliphatic heterocycles. The smallest absolute Gasteiger partial charge is 0.320 e. The molecule has 1 aromatic rings. The van der Waals surface area contributed by atoms with Crippen LogP contribution >= 0.6 is 0 Å². The summed E-state index contributed by atoms with van der Waals surface area (Å²) in [6, 6.07) is 9.19. The zero-order valence-corrected chi connectivity index (χ0v) is 18.2. The molecule has 0 radical (unpaired) electrons. The molecule has 0 bridgehead atoms. The zero-order valence-electron chi connectivity index (χ0n) is 18.2. The number of carbonyl (C=O) groups excluding carboxylic acids is 3. The van der Waals surface area contributed by atoms with E-state index in [9.17, 15) is 14.4 Å². The molecular formula is C23H34N4O3. The molecule has 1 heterocycles. The molecule has 164 valence electrons. The van der Waals surface area contributed by atoms with Crippen LogP contribution in [0.2, 0.25) is 0 Å². The number of fused-ring (bicyclic) bond motifs is 1. The van der Waals surface area contributed by atoms with Crippen LogP contribution in [0.15, 0.2) is 30.3 Å². The van der Waals surface area contributed by atoms with E-state index in [1.807, 2.05) is 49.1 Å². The first-order valence-corrected chi connectivity index (χ1v) is 11.2. The molecule has 30 heavy (non-hydrogen) atoms. The van der Waals surface area contributed by atoms with Gasteiger partial charge in [-0.25, -0.2) is 4.79 Å². The summed E-state index contributed by atoms with van der Waals surface area (Å²) in [7, 11) is 0. The van der Waals surface area contributed by atoms with E-state index in [1.54, 1.807) is 9.80 Å². The van der Waals surface area contributed by atoms with Crippen molar-refractivity contribution in [3.8, 4) is 0 Å². The van der Waals surface area contributed by atoms with Gasteiger partial charge in [0.15, 0.2) is 0 Å². The van der Waals surface area contributed by atoms with E-state index in [0.717, 1.165) is 19.3 Å². The van der Waals surface area contributed by atoms with Crippen LogP contribution in [0.25, 0.3) is 0 Å². The Bertz CT molecular complexity index is 735. The monoisotopic (exact) mass is 414 g/mol. The first kappa shape index (κ1) is 22.1. The van der Waals surface area contributed by atoms with Gasteiger partial charge in [0.05, 0.1) is 5.92 Å². The lowest BCUT2D eigenvalue weighted by molar-refractivity contribution is -0.126. The third-order valence-electron chi connectivity index (χ3n) is 6.31. The molecule has 0 aromatic heterocycles. The fourth-order valence-electron chi connectivity index (χ4n) is 4.66. The van der Waals surface area contributed by atoms with Gasteiger partial charge in [-0.3, -0.25) is 9.59 Å². The lowest BCUT2D eigenvalue weighted by Crippen LogP contribution is -2.47. The van der Waals surface area contributed by atoms with Gasteiger partial charge < -0.3 is 20.0 Å². The van der Waals surface area contributed by atoms with Gasteiger partial charge in [0.1, 0.15) is 0 Å². The predicted octanol–water partition coefficient (Wildman–Crippen LogP) is 2.58. The second kappa shape index (κ2) is 10.5. The van der Waals surface area contributed by atoms with Crippen LogP contribution in [-0.4, -0.2) is 77.9 Å². The number of rotatable bonds is 3. The number of benzene rings is 1. The minimum Gasteiger partial charge on any atom is -0.354 e. The first-order valence-electron chi connectivity index (χ1n) is 11.2. The van der Waals surface area contributed by atoms with Gasteiger partial charge in [-0.2, -0.15) is 0 Å². The summed E-state index contributed by atoms with van der Waals surface area (Å²) in [5.74, 6) is -0.204. The summed E-state index contributed by atoms with van der Waals surface area (Å²) in [6.07, 6.45) is 3.30. The summed E-state index contributed by atoms with van der Waals surface area (Å²) < 4.78 is 0. The predicted molar refractivity (Wildman–Crippen MR) is 116 cm³/mol. The molecule has 1 aromatic carbocycles. The van der Waals surface area contributed by atoms with E-state index < -0.39 is 0 Å². The Morgan fingerprint density at radius 2 is 1.77 bits per heavy atom. The van der Waals surface area contributed by atoms with Crippen molar-refractivity contribution >= 4 is 17.8 Å². The topological polar surface area (TPSA) is 73.0 Å². The molecule has 7 nitrogen and oxygen atoms in total. The van der Waals surface area contributed by atoms with E-state index >= 15 is 0 Å². The number of carbonyl (C=O) groups is 3. The second-order valence-electron chi connectivity index (χ2n) is 8.06. The van der Waals surface area contributed by atoms with Crippen molar-refractivity contribution in [1.29, 1.82) is 0 Å². The number of nitrogens with one attached hydrogen (secondary N) is 1. The number of hydrogen-bond acceptors (Lipinski definition) is 3. The molecule has 2 aliphatic rings. The molecule has 1 saturated carbocycles. The quantitative estimate of drug-likeness (QED) is 0.826. The molecule has 0 spiro atoms. The van der Waals surface area contributed by atoms with Crippen LogP contribution in [0.3, 0.4) is 0 Å². The van der Waals surface area contributed by atoms with Crippen molar-refractivity contribution in [2.45, 2.75) is 45.6 Å². The Kier molecular flexibility index (Phi) is 7.71. The van der Waals surface area contributed by atoms with Gasteiger partial charge in [0, 0.05) is 50.9 Å². The average molecular weight is 415 g/mol. The molecule has 2 fully saturated rings. The standard InChI is InChI=1S/C23H34N4O3/c1-3-25(4-2)23(30)26-15-9-16-27(22(29)18-10-6-5-7-11-18)20-13-8-12-19(20)21(28)24-14-17-26/h5-7,10-11,19-20H,3-4,8-9,12-17H2,1-2H3,(H,24,28). The lowest BCUT2D eigenvalue weighted by Gasteiger charge is -2.33. The molecule has 1 saturated heterocycles. The third-order valence-corrected chi connectivity index (χ3v) is 6.31. The summed E-state index contributed by atoms with van der Waals surface area (Å²) in [5.41, 5.74) is 0.648. The molecule has 3 rings (SSSR count). The maximum Gasteiger partial charge on any atom is 0.320 e. The van der Waals surface area contributed by atoms with Crippen LogP contribution in [0.1, 0.15) is 49.9 Å². The SMILES string of the molecule is CCN(CC)C(=O)N1CCCN(C(=O)c2ccccc2)C2CCCC2C(=O)NCC1. The van der Waals surface area contributed by atoms with Crippen LogP contribution in [0.5, 0.6) is 0 Å². The maximum atomic E-state index is 13.3. The highest BCUT2D eigenvalue weighted by Gasteiger charge is 2.39.